The van der Waals surface area contributed by atoms with Gasteiger partial charge in [0, 0.05) is 24.0 Å². The number of methoxy groups -OCH3 is 1. The normalized spacial score (nSPS) is 27.6. The van der Waals surface area contributed by atoms with Gasteiger partial charge in [-0.1, -0.05) is 12.1 Å². The molecule has 28 heavy (non-hydrogen) atoms. The van der Waals surface area contributed by atoms with E-state index in [-0.39, 0.29) is 5.41 Å². The van der Waals surface area contributed by atoms with Crippen LogP contribution < -0.4 is 19.9 Å². The number of nitrogens with two attached hydrogens (primary N) is 1. The van der Waals surface area contributed by atoms with Gasteiger partial charge >= 0.3 is 0 Å². The van der Waals surface area contributed by atoms with Gasteiger partial charge in [-0.15, -0.1) is 0 Å². The molecule has 0 spiro atoms. The molecule has 0 unspecified atom stereocenters. The van der Waals surface area contributed by atoms with Crippen LogP contribution in [0.25, 0.3) is 0 Å². The van der Waals surface area contributed by atoms with Gasteiger partial charge in [0.05, 0.1) is 7.11 Å². The zero-order valence-corrected chi connectivity index (χ0v) is 17.8. The molecule has 0 atom stereocenters. The summed E-state index contributed by atoms with van der Waals surface area (Å²) in [5, 5.41) is 9.08. The van der Waals surface area contributed by atoms with Gasteiger partial charge in [0.25, 0.3) is 10.2 Å². The average molecular weight is 411 g/mol. The highest BCUT2D eigenvalue weighted by molar-refractivity contribution is 7.87. The molecule has 8 heteroatoms. The number of hydrogen-bond acceptors (Lipinski definition) is 5. The number of likely N-dealkylation sites (tertiary alicyclic amines) is 1. The Bertz CT molecular complexity index is 740. The molecule has 4 N–H and O–H groups in total. The predicted molar refractivity (Wildman–Crippen MR) is 112 cm³/mol. The first kappa shape index (κ1) is 21.5. The molecule has 0 aromatic heterocycles. The Morgan fingerprint density at radius 1 is 1.18 bits per heavy atom. The van der Waals surface area contributed by atoms with Crippen molar-refractivity contribution in [3.8, 4) is 5.75 Å². The Morgan fingerprint density at radius 3 is 2.43 bits per heavy atom. The minimum absolute atomic E-state index is 0.258. The molecule has 0 radical (unpaired) electrons. The summed E-state index contributed by atoms with van der Waals surface area (Å²) < 4.78 is 31.0. The summed E-state index contributed by atoms with van der Waals surface area (Å²) in [6, 6.07) is 9.05. The first-order valence-corrected chi connectivity index (χ1v) is 11.7. The third-order valence-corrected chi connectivity index (χ3v) is 6.97. The van der Waals surface area contributed by atoms with Crippen LogP contribution in [0.2, 0.25) is 0 Å². The Morgan fingerprint density at radius 2 is 1.82 bits per heavy atom. The van der Waals surface area contributed by atoms with E-state index in [9.17, 15) is 8.42 Å². The van der Waals surface area contributed by atoms with Crippen molar-refractivity contribution in [1.29, 1.82) is 0 Å². The van der Waals surface area contributed by atoms with Crippen LogP contribution in [0.4, 0.5) is 0 Å². The van der Waals surface area contributed by atoms with Crippen LogP contribution in [0.1, 0.15) is 44.1 Å². The van der Waals surface area contributed by atoms with Crippen LogP contribution in [0.3, 0.4) is 0 Å². The number of benzene rings is 1. The third kappa shape index (κ3) is 5.67. The first-order valence-electron chi connectivity index (χ1n) is 10.2. The minimum atomic E-state index is -3.73. The maximum absolute atomic E-state index is 11.5. The summed E-state index contributed by atoms with van der Waals surface area (Å²) in [5.74, 6) is 0.791. The average Bonchev–Trinajstić information content (AvgIpc) is 2.69. The van der Waals surface area contributed by atoms with E-state index in [1.807, 2.05) is 18.2 Å². The summed E-state index contributed by atoms with van der Waals surface area (Å²) in [7, 11) is 0.0997. The molecule has 2 fully saturated rings. The molecule has 1 aliphatic heterocycles. The van der Waals surface area contributed by atoms with Gasteiger partial charge in [0.2, 0.25) is 0 Å². The molecule has 7 nitrogen and oxygen atoms in total. The van der Waals surface area contributed by atoms with Crippen molar-refractivity contribution in [2.24, 2.45) is 5.14 Å². The molecule has 1 saturated carbocycles. The van der Waals surface area contributed by atoms with E-state index in [2.05, 4.69) is 28.1 Å². The highest BCUT2D eigenvalue weighted by Crippen LogP contribution is 2.40. The minimum Gasteiger partial charge on any atom is -0.497 e. The Labute approximate surface area is 169 Å². The molecule has 2 aliphatic rings. The van der Waals surface area contributed by atoms with Crippen molar-refractivity contribution >= 4 is 10.2 Å². The van der Waals surface area contributed by atoms with E-state index in [0.717, 1.165) is 50.1 Å². The van der Waals surface area contributed by atoms with Crippen molar-refractivity contribution < 1.29 is 13.2 Å². The lowest BCUT2D eigenvalue weighted by Crippen LogP contribution is -2.50. The summed E-state index contributed by atoms with van der Waals surface area (Å²) in [4.78, 5) is 2.38. The maximum Gasteiger partial charge on any atom is 0.274 e. The van der Waals surface area contributed by atoms with Crippen LogP contribution >= 0.6 is 0 Å². The molecular formula is C20H34N4O3S. The fraction of sp³-hybridized carbons (Fsp3) is 0.700. The lowest BCUT2D eigenvalue weighted by molar-refractivity contribution is 0.191. The van der Waals surface area contributed by atoms with Gasteiger partial charge in [-0.2, -0.15) is 8.42 Å². The van der Waals surface area contributed by atoms with E-state index >= 15 is 0 Å². The van der Waals surface area contributed by atoms with Gasteiger partial charge in [-0.3, -0.25) is 0 Å². The van der Waals surface area contributed by atoms with Gasteiger partial charge in [0.1, 0.15) is 5.75 Å². The van der Waals surface area contributed by atoms with Gasteiger partial charge < -0.3 is 15.0 Å². The standard InChI is InChI=1S/C20H34N4O3S/c1-24-12-8-18(9-13-24)23-17-6-10-20(11-7-17,15-22-28(21,25)26)16-4-3-5-19(14-16)27-2/h3-5,14,17-18,22-23H,6-13,15H2,1-2H3,(H2,21,25,26). The number of rotatable bonds is 7. The molecule has 0 amide bonds. The quantitative estimate of drug-likeness (QED) is 0.631. The fourth-order valence-corrected chi connectivity index (χ4v) is 5.08. The van der Waals surface area contributed by atoms with Crippen LogP contribution in [-0.2, 0) is 15.6 Å². The zero-order valence-electron chi connectivity index (χ0n) is 17.0. The smallest absolute Gasteiger partial charge is 0.274 e. The molecule has 1 heterocycles. The van der Waals surface area contributed by atoms with E-state index in [0.29, 0.717) is 18.6 Å². The molecule has 1 aliphatic carbocycles. The Hall–Kier alpha value is -1.19. The van der Waals surface area contributed by atoms with Crippen LogP contribution in [0.15, 0.2) is 24.3 Å². The zero-order chi connectivity index (χ0) is 20.2. The molecular weight excluding hydrogens is 376 g/mol. The topological polar surface area (TPSA) is 96.7 Å². The van der Waals surface area contributed by atoms with Crippen LogP contribution in [0.5, 0.6) is 5.75 Å². The van der Waals surface area contributed by atoms with E-state index in [1.165, 1.54) is 12.8 Å². The van der Waals surface area contributed by atoms with E-state index in [1.54, 1.807) is 7.11 Å². The fourth-order valence-electron chi connectivity index (χ4n) is 4.60. The Balaban J connectivity index is 1.69. The second kappa shape index (κ2) is 9.09. The lowest BCUT2D eigenvalue weighted by atomic mass is 9.68. The highest BCUT2D eigenvalue weighted by Gasteiger charge is 2.38. The second-order valence-electron chi connectivity index (χ2n) is 8.40. The second-order valence-corrected chi connectivity index (χ2v) is 9.78. The van der Waals surface area contributed by atoms with Crippen LogP contribution in [0, 0.1) is 0 Å². The third-order valence-electron chi connectivity index (χ3n) is 6.43. The van der Waals surface area contributed by atoms with Crippen molar-refractivity contribution in [3.05, 3.63) is 29.8 Å². The molecule has 158 valence electrons. The van der Waals surface area contributed by atoms with Crippen molar-refractivity contribution in [2.75, 3.05) is 33.8 Å². The number of nitrogens with one attached hydrogen (secondary N) is 2. The lowest BCUT2D eigenvalue weighted by Gasteiger charge is -2.42. The largest absolute Gasteiger partial charge is 0.497 e. The predicted octanol–water partition coefficient (Wildman–Crippen LogP) is 1.35. The van der Waals surface area contributed by atoms with Crippen molar-refractivity contribution in [2.45, 2.75) is 56.0 Å². The number of piperidine rings is 1. The van der Waals surface area contributed by atoms with Gasteiger partial charge in [-0.05, 0) is 76.4 Å². The molecule has 1 aromatic carbocycles. The summed E-state index contributed by atoms with van der Waals surface area (Å²) in [6.45, 7) is 2.62. The highest BCUT2D eigenvalue weighted by atomic mass is 32.2. The Kier molecular flexibility index (Phi) is 6.98. The maximum atomic E-state index is 11.5. The van der Waals surface area contributed by atoms with Crippen molar-refractivity contribution in [3.63, 3.8) is 0 Å². The molecule has 0 bridgehead atoms. The van der Waals surface area contributed by atoms with Crippen LogP contribution in [-0.4, -0.2) is 59.2 Å². The van der Waals surface area contributed by atoms with E-state index in [4.69, 9.17) is 9.88 Å². The number of hydrogen-bond donors (Lipinski definition) is 3. The van der Waals surface area contributed by atoms with Crippen molar-refractivity contribution in [1.82, 2.24) is 14.9 Å². The van der Waals surface area contributed by atoms with Gasteiger partial charge in [-0.25, -0.2) is 9.86 Å². The molecule has 3 rings (SSSR count). The first-order chi connectivity index (χ1) is 13.3. The van der Waals surface area contributed by atoms with E-state index < -0.39 is 10.2 Å². The van der Waals surface area contributed by atoms with Gasteiger partial charge in [0.15, 0.2) is 0 Å². The molecule has 1 saturated heterocycles. The molecule has 1 aromatic rings. The monoisotopic (exact) mass is 410 g/mol. The number of ether oxygens (including phenoxy) is 1. The summed E-state index contributed by atoms with van der Waals surface area (Å²) in [6.07, 6.45) is 6.26. The summed E-state index contributed by atoms with van der Waals surface area (Å²) >= 11 is 0. The summed E-state index contributed by atoms with van der Waals surface area (Å²) in [5.41, 5.74) is 0.854. The number of nitrogens with zero attached hydrogens (tertiary/aromatic N) is 1. The SMILES string of the molecule is COc1cccc(C2(CNS(N)(=O)=O)CCC(NC3CCN(C)CC3)CC2)c1.